The summed E-state index contributed by atoms with van der Waals surface area (Å²) in [5, 5.41) is 26.2. The number of aliphatic hydroxyl groups excluding tert-OH is 2. The Morgan fingerprint density at radius 2 is 1.76 bits per heavy atom. The van der Waals surface area contributed by atoms with Crippen molar-refractivity contribution in [3.05, 3.63) is 53.1 Å². The standard InChI is InChI=1S/C37H56N4O5/c1-22-30-16-28(37(30,3)4)17-31(22)38-36(44)34-33(23(2)43)32(21-42)46-41(34)20-26-11-10-12-29(35(26)45-9)27-14-24(18-39(5)6)13-25(15-27)19-40(7)8/h10-15,22-23,28,30-34,42-43H,16-21H2,1-9H3,(H,38,44)/t22-,23-,28+,30-,31?,32-,33-,34-/m0/s1. The van der Waals surface area contributed by atoms with E-state index in [2.05, 4.69) is 88.3 Å². The van der Waals surface area contributed by atoms with Crippen LogP contribution in [0.25, 0.3) is 11.1 Å². The minimum absolute atomic E-state index is 0.0811. The molecule has 2 aromatic rings. The smallest absolute Gasteiger partial charge is 0.240 e. The van der Waals surface area contributed by atoms with Crippen LogP contribution in [0.5, 0.6) is 5.75 Å². The number of ether oxygens (including phenoxy) is 1. The molecule has 6 rings (SSSR count). The minimum atomic E-state index is -0.850. The van der Waals surface area contributed by atoms with Gasteiger partial charge in [-0.15, -0.1) is 0 Å². The van der Waals surface area contributed by atoms with Crippen LogP contribution >= 0.6 is 0 Å². The third-order valence-electron chi connectivity index (χ3n) is 11.1. The molecule has 1 heterocycles. The van der Waals surface area contributed by atoms with Gasteiger partial charge in [0.15, 0.2) is 0 Å². The Kier molecular flexibility index (Phi) is 10.5. The lowest BCUT2D eigenvalue weighted by molar-refractivity contribution is -0.183. The average Bonchev–Trinajstić information content (AvgIpc) is 3.35. The largest absolute Gasteiger partial charge is 0.496 e. The molecule has 46 heavy (non-hydrogen) atoms. The zero-order chi connectivity index (χ0) is 33.5. The highest BCUT2D eigenvalue weighted by Gasteiger charge is 2.57. The molecule has 2 bridgehead atoms. The summed E-state index contributed by atoms with van der Waals surface area (Å²) in [7, 11) is 9.96. The lowest BCUT2D eigenvalue weighted by Crippen LogP contribution is -2.62. The van der Waals surface area contributed by atoms with Gasteiger partial charge in [0.2, 0.25) is 5.91 Å². The summed E-state index contributed by atoms with van der Waals surface area (Å²) in [6.07, 6.45) is 0.646. The maximum absolute atomic E-state index is 14.1. The van der Waals surface area contributed by atoms with Crippen molar-refractivity contribution in [1.82, 2.24) is 20.2 Å². The Hall–Kier alpha value is -2.53. The molecule has 1 aliphatic heterocycles. The molecule has 1 amide bonds. The maximum Gasteiger partial charge on any atom is 0.240 e. The molecule has 9 heteroatoms. The molecule has 4 aliphatic rings. The van der Waals surface area contributed by atoms with E-state index >= 15 is 0 Å². The first-order valence-electron chi connectivity index (χ1n) is 16.9. The number of amides is 1. The first-order valence-corrected chi connectivity index (χ1v) is 16.9. The van der Waals surface area contributed by atoms with E-state index in [-0.39, 0.29) is 25.1 Å². The molecular formula is C37H56N4O5. The maximum atomic E-state index is 14.1. The highest BCUT2D eigenvalue weighted by molar-refractivity contribution is 5.83. The van der Waals surface area contributed by atoms with Gasteiger partial charge in [-0.25, -0.2) is 0 Å². The normalized spacial score (nSPS) is 29.5. The number of hydrogen-bond acceptors (Lipinski definition) is 8. The number of carbonyl (C=O) groups is 1. The Balaban J connectivity index is 1.45. The van der Waals surface area contributed by atoms with E-state index in [1.165, 1.54) is 17.5 Å². The summed E-state index contributed by atoms with van der Waals surface area (Å²) in [5.41, 5.74) is 5.64. The van der Waals surface area contributed by atoms with Gasteiger partial charge in [-0.2, -0.15) is 5.06 Å². The van der Waals surface area contributed by atoms with Crippen molar-refractivity contribution in [2.45, 2.75) is 84.5 Å². The van der Waals surface area contributed by atoms with Gasteiger partial charge in [0.1, 0.15) is 17.9 Å². The predicted octanol–water partition coefficient (Wildman–Crippen LogP) is 4.15. The van der Waals surface area contributed by atoms with Crippen molar-refractivity contribution < 1.29 is 24.6 Å². The number of hydroxylamine groups is 2. The molecule has 2 aromatic carbocycles. The van der Waals surface area contributed by atoms with E-state index in [4.69, 9.17) is 9.57 Å². The van der Waals surface area contributed by atoms with Crippen molar-refractivity contribution in [2.75, 3.05) is 41.9 Å². The van der Waals surface area contributed by atoms with E-state index in [1.807, 2.05) is 12.1 Å². The fourth-order valence-corrected chi connectivity index (χ4v) is 8.66. The van der Waals surface area contributed by atoms with Crippen LogP contribution < -0.4 is 10.1 Å². The zero-order valence-electron chi connectivity index (χ0n) is 29.3. The molecule has 0 aromatic heterocycles. The number of methoxy groups -OCH3 is 1. The van der Waals surface area contributed by atoms with Crippen LogP contribution in [0.1, 0.15) is 57.2 Å². The highest BCUT2D eigenvalue weighted by atomic mass is 16.7. The Labute approximate surface area is 275 Å². The summed E-state index contributed by atoms with van der Waals surface area (Å²) in [5.74, 6) is 1.54. The third-order valence-corrected chi connectivity index (χ3v) is 11.1. The summed E-state index contributed by atoms with van der Waals surface area (Å²) < 4.78 is 6.08. The molecule has 3 aliphatic carbocycles. The fourth-order valence-electron chi connectivity index (χ4n) is 8.66. The van der Waals surface area contributed by atoms with Crippen LogP contribution in [0.4, 0.5) is 0 Å². The van der Waals surface area contributed by atoms with Gasteiger partial charge in [-0.3, -0.25) is 9.63 Å². The van der Waals surface area contributed by atoms with Crippen LogP contribution in [-0.2, 0) is 29.3 Å². The van der Waals surface area contributed by atoms with Crippen LogP contribution in [0.3, 0.4) is 0 Å². The number of nitrogens with zero attached hydrogens (tertiary/aromatic N) is 3. The molecule has 9 nitrogen and oxygen atoms in total. The lowest BCUT2D eigenvalue weighted by Gasteiger charge is -2.62. The van der Waals surface area contributed by atoms with Gasteiger partial charge in [0, 0.05) is 36.2 Å². The first kappa shape index (κ1) is 34.8. The number of fused-ring (bicyclic) bond motifs is 2. The van der Waals surface area contributed by atoms with E-state index in [1.54, 1.807) is 19.1 Å². The van der Waals surface area contributed by atoms with Crippen molar-refractivity contribution in [2.24, 2.45) is 29.1 Å². The van der Waals surface area contributed by atoms with E-state index < -0.39 is 24.2 Å². The van der Waals surface area contributed by atoms with E-state index in [9.17, 15) is 15.0 Å². The highest BCUT2D eigenvalue weighted by Crippen LogP contribution is 2.61. The topological polar surface area (TPSA) is 97.7 Å². The van der Waals surface area contributed by atoms with Crippen LogP contribution in [0.2, 0.25) is 0 Å². The lowest BCUT2D eigenvalue weighted by atomic mass is 9.45. The van der Waals surface area contributed by atoms with Crippen molar-refractivity contribution in [3.63, 3.8) is 0 Å². The van der Waals surface area contributed by atoms with Gasteiger partial charge in [0.05, 0.1) is 26.4 Å². The molecule has 0 radical (unpaired) electrons. The van der Waals surface area contributed by atoms with E-state index in [0.29, 0.717) is 28.9 Å². The second-order valence-electron chi connectivity index (χ2n) is 15.2. The van der Waals surface area contributed by atoms with Crippen molar-refractivity contribution in [1.29, 1.82) is 0 Å². The summed E-state index contributed by atoms with van der Waals surface area (Å²) >= 11 is 0. The predicted molar refractivity (Wildman–Crippen MR) is 181 cm³/mol. The Morgan fingerprint density at radius 3 is 2.28 bits per heavy atom. The quantitative estimate of drug-likeness (QED) is 0.320. The molecule has 3 N–H and O–H groups in total. The van der Waals surface area contributed by atoms with Gasteiger partial charge in [0.25, 0.3) is 0 Å². The molecule has 0 spiro atoms. The number of rotatable bonds is 12. The monoisotopic (exact) mass is 636 g/mol. The van der Waals surface area contributed by atoms with Crippen LogP contribution in [0.15, 0.2) is 36.4 Å². The van der Waals surface area contributed by atoms with Gasteiger partial charge < -0.3 is 30.1 Å². The molecule has 1 saturated heterocycles. The van der Waals surface area contributed by atoms with E-state index in [0.717, 1.165) is 36.2 Å². The number of aliphatic hydroxyl groups is 2. The van der Waals surface area contributed by atoms with Crippen molar-refractivity contribution >= 4 is 5.91 Å². The number of carbonyl (C=O) groups excluding carboxylic acids is 1. The van der Waals surface area contributed by atoms with Gasteiger partial charge >= 0.3 is 0 Å². The zero-order valence-corrected chi connectivity index (χ0v) is 29.3. The summed E-state index contributed by atoms with van der Waals surface area (Å²) in [6.45, 7) is 10.2. The number of nitrogens with one attached hydrogen (secondary N) is 1. The Bertz CT molecular complexity index is 1350. The molecular weight excluding hydrogens is 580 g/mol. The SMILES string of the molecule is COc1c(CN2O[C@@H](CO)[C@H]([C@H](C)O)[C@H]2C(=O)NC2C[C@H]3C[C@@H]([C@@H]2C)C3(C)C)cccc1-c1cc(CN(C)C)cc(CN(C)C)c1. The Morgan fingerprint density at radius 1 is 1.11 bits per heavy atom. The number of benzene rings is 2. The fraction of sp³-hybridized carbons (Fsp3) is 0.649. The second kappa shape index (κ2) is 13.9. The van der Waals surface area contributed by atoms with Crippen molar-refractivity contribution in [3.8, 4) is 16.9 Å². The molecule has 1 unspecified atom stereocenters. The summed E-state index contributed by atoms with van der Waals surface area (Å²) in [4.78, 5) is 24.7. The number of para-hydroxylation sites is 1. The summed E-state index contributed by atoms with van der Waals surface area (Å²) in [6, 6.07) is 12.1. The van der Waals surface area contributed by atoms with Gasteiger partial charge in [-0.05, 0) is 99.9 Å². The molecule has 3 saturated carbocycles. The second-order valence-corrected chi connectivity index (χ2v) is 15.2. The molecule has 4 fully saturated rings. The molecule has 254 valence electrons. The third kappa shape index (κ3) is 6.86. The van der Waals surface area contributed by atoms with Gasteiger partial charge in [-0.1, -0.05) is 45.0 Å². The minimum Gasteiger partial charge on any atom is -0.496 e. The van der Waals surface area contributed by atoms with Crippen LogP contribution in [-0.4, -0.2) is 97.2 Å². The van der Waals surface area contributed by atoms with Crippen LogP contribution in [0, 0.1) is 29.1 Å². The molecule has 8 atom stereocenters. The first-order chi connectivity index (χ1) is 21.7. The number of hydrogen-bond donors (Lipinski definition) is 3. The average molecular weight is 637 g/mol.